The lowest BCUT2D eigenvalue weighted by Gasteiger charge is -2.05. The quantitative estimate of drug-likeness (QED) is 0.780. The highest BCUT2D eigenvalue weighted by Gasteiger charge is 2.04. The van der Waals surface area contributed by atoms with Crippen molar-refractivity contribution < 1.29 is 0 Å². The number of hydrogen-bond acceptors (Lipinski definition) is 4. The van der Waals surface area contributed by atoms with Gasteiger partial charge < -0.3 is 5.73 Å². The normalized spacial score (nSPS) is 9.75. The van der Waals surface area contributed by atoms with Crippen molar-refractivity contribution in [3.05, 3.63) is 41.9 Å². The topological polar surface area (TPSA) is 75.6 Å². The van der Waals surface area contributed by atoms with E-state index in [0.29, 0.717) is 11.4 Å². The summed E-state index contributed by atoms with van der Waals surface area (Å²) in [6.45, 7) is 1.95. The van der Waals surface area contributed by atoms with Gasteiger partial charge in [0.05, 0.1) is 5.56 Å². The van der Waals surface area contributed by atoms with Crippen molar-refractivity contribution in [2.24, 2.45) is 0 Å². The van der Waals surface area contributed by atoms with Crippen LogP contribution in [0.1, 0.15) is 11.1 Å². The highest BCUT2D eigenvalue weighted by atomic mass is 14.8. The van der Waals surface area contributed by atoms with E-state index in [-0.39, 0.29) is 0 Å². The van der Waals surface area contributed by atoms with Gasteiger partial charge in [-0.1, -0.05) is 0 Å². The van der Waals surface area contributed by atoms with E-state index in [0.717, 1.165) is 16.7 Å². The van der Waals surface area contributed by atoms with Crippen molar-refractivity contribution in [1.82, 2.24) is 9.97 Å². The maximum absolute atomic E-state index is 8.80. The number of pyridine rings is 2. The molecule has 2 heterocycles. The molecule has 2 aromatic rings. The Morgan fingerprint density at radius 2 is 2.06 bits per heavy atom. The summed E-state index contributed by atoms with van der Waals surface area (Å²) in [5.74, 6) is 0.491. The molecule has 78 valence electrons. The van der Waals surface area contributed by atoms with E-state index in [1.165, 1.54) is 6.20 Å². The van der Waals surface area contributed by atoms with E-state index in [1.54, 1.807) is 24.5 Å². The Morgan fingerprint density at radius 1 is 1.25 bits per heavy atom. The number of rotatable bonds is 1. The van der Waals surface area contributed by atoms with Crippen LogP contribution in [0.3, 0.4) is 0 Å². The molecule has 0 atom stereocenters. The number of nitrogens with zero attached hydrogens (tertiary/aromatic N) is 3. The predicted octanol–water partition coefficient (Wildman–Crippen LogP) is 1.91. The molecule has 16 heavy (non-hydrogen) atoms. The maximum Gasteiger partial charge on any atom is 0.123 e. The molecule has 0 aliphatic rings. The average Bonchev–Trinajstić information content (AvgIpc) is 2.29. The van der Waals surface area contributed by atoms with Gasteiger partial charge in [-0.05, 0) is 24.6 Å². The second-order valence-corrected chi connectivity index (χ2v) is 3.50. The zero-order chi connectivity index (χ0) is 11.5. The van der Waals surface area contributed by atoms with Crippen molar-refractivity contribution in [2.75, 3.05) is 5.73 Å². The zero-order valence-corrected chi connectivity index (χ0v) is 8.81. The number of nitrogens with two attached hydrogens (primary N) is 1. The van der Waals surface area contributed by atoms with Gasteiger partial charge in [0.1, 0.15) is 11.9 Å². The number of aromatic nitrogens is 2. The summed E-state index contributed by atoms with van der Waals surface area (Å²) in [5.41, 5.74) is 8.96. The van der Waals surface area contributed by atoms with Crippen LogP contribution in [0.4, 0.5) is 5.82 Å². The molecule has 0 aromatic carbocycles. The lowest BCUT2D eigenvalue weighted by atomic mass is 10.0. The average molecular weight is 210 g/mol. The number of anilines is 1. The molecule has 0 bridgehead atoms. The van der Waals surface area contributed by atoms with Crippen molar-refractivity contribution in [2.45, 2.75) is 6.92 Å². The van der Waals surface area contributed by atoms with Gasteiger partial charge in [0.15, 0.2) is 0 Å². The third-order valence-electron chi connectivity index (χ3n) is 2.31. The lowest BCUT2D eigenvalue weighted by molar-refractivity contribution is 1.26. The summed E-state index contributed by atoms with van der Waals surface area (Å²) in [6.07, 6.45) is 4.94. The fourth-order valence-electron chi connectivity index (χ4n) is 1.53. The molecule has 0 amide bonds. The SMILES string of the molecule is Cc1cc(N)ncc1-c1cncc(C#N)c1. The molecule has 0 aliphatic carbocycles. The third kappa shape index (κ3) is 1.84. The molecular weight excluding hydrogens is 200 g/mol. The molecule has 2 aromatic heterocycles. The van der Waals surface area contributed by atoms with Gasteiger partial charge in [0, 0.05) is 29.7 Å². The van der Waals surface area contributed by atoms with Gasteiger partial charge in [-0.25, -0.2) is 4.98 Å². The van der Waals surface area contributed by atoms with E-state index in [4.69, 9.17) is 11.0 Å². The van der Waals surface area contributed by atoms with Crippen molar-refractivity contribution in [3.8, 4) is 17.2 Å². The minimum Gasteiger partial charge on any atom is -0.384 e. The first-order chi connectivity index (χ1) is 7.70. The fourth-order valence-corrected chi connectivity index (χ4v) is 1.53. The Balaban J connectivity index is 2.55. The van der Waals surface area contributed by atoms with Gasteiger partial charge in [0.2, 0.25) is 0 Å². The van der Waals surface area contributed by atoms with Crippen molar-refractivity contribution in [1.29, 1.82) is 5.26 Å². The number of aryl methyl sites for hydroxylation is 1. The van der Waals surface area contributed by atoms with E-state index in [2.05, 4.69) is 16.0 Å². The molecule has 0 fully saturated rings. The second kappa shape index (κ2) is 3.99. The summed E-state index contributed by atoms with van der Waals surface area (Å²) >= 11 is 0. The lowest BCUT2D eigenvalue weighted by Crippen LogP contribution is -1.93. The molecule has 0 unspecified atom stereocenters. The third-order valence-corrected chi connectivity index (χ3v) is 2.31. The molecular formula is C12H10N4. The first-order valence-electron chi connectivity index (χ1n) is 4.78. The van der Waals surface area contributed by atoms with E-state index < -0.39 is 0 Å². The molecule has 4 heteroatoms. The van der Waals surface area contributed by atoms with Crippen LogP contribution in [0.5, 0.6) is 0 Å². The largest absolute Gasteiger partial charge is 0.384 e. The molecule has 0 spiro atoms. The number of hydrogen-bond donors (Lipinski definition) is 1. The first kappa shape index (κ1) is 10.1. The zero-order valence-electron chi connectivity index (χ0n) is 8.81. The van der Waals surface area contributed by atoms with Crippen molar-refractivity contribution >= 4 is 5.82 Å². The van der Waals surface area contributed by atoms with Crippen LogP contribution in [0.15, 0.2) is 30.7 Å². The number of nitriles is 1. The molecule has 0 aliphatic heterocycles. The van der Waals surface area contributed by atoms with Crippen LogP contribution in [-0.4, -0.2) is 9.97 Å². The van der Waals surface area contributed by atoms with Crippen LogP contribution in [0.2, 0.25) is 0 Å². The van der Waals surface area contributed by atoms with Gasteiger partial charge in [-0.3, -0.25) is 4.98 Å². The Kier molecular flexibility index (Phi) is 2.52. The highest BCUT2D eigenvalue weighted by molar-refractivity contribution is 5.67. The minimum atomic E-state index is 0.491. The van der Waals surface area contributed by atoms with Gasteiger partial charge in [0.25, 0.3) is 0 Å². The van der Waals surface area contributed by atoms with Crippen LogP contribution < -0.4 is 5.73 Å². The predicted molar refractivity (Wildman–Crippen MR) is 61.3 cm³/mol. The molecule has 0 saturated carbocycles. The van der Waals surface area contributed by atoms with Crippen molar-refractivity contribution in [3.63, 3.8) is 0 Å². The molecule has 0 radical (unpaired) electrons. The number of nitrogen functional groups attached to an aromatic ring is 1. The second-order valence-electron chi connectivity index (χ2n) is 3.50. The summed E-state index contributed by atoms with van der Waals surface area (Å²) in [7, 11) is 0. The Labute approximate surface area is 93.4 Å². The van der Waals surface area contributed by atoms with Crippen LogP contribution in [-0.2, 0) is 0 Å². The maximum atomic E-state index is 8.80. The first-order valence-corrected chi connectivity index (χ1v) is 4.78. The van der Waals surface area contributed by atoms with Gasteiger partial charge >= 0.3 is 0 Å². The highest BCUT2D eigenvalue weighted by Crippen LogP contribution is 2.23. The standard InChI is InChI=1S/C12H10N4/c1-8-2-12(14)16-7-11(8)10-3-9(4-13)5-15-6-10/h2-3,5-7H,1H3,(H2,14,16). The van der Waals surface area contributed by atoms with Crippen LogP contribution in [0.25, 0.3) is 11.1 Å². The summed E-state index contributed by atoms with van der Waals surface area (Å²) < 4.78 is 0. The van der Waals surface area contributed by atoms with Crippen LogP contribution >= 0.6 is 0 Å². The molecule has 2 rings (SSSR count). The Hall–Kier alpha value is -2.41. The Morgan fingerprint density at radius 3 is 2.75 bits per heavy atom. The summed E-state index contributed by atoms with van der Waals surface area (Å²) in [6, 6.07) is 5.65. The summed E-state index contributed by atoms with van der Waals surface area (Å²) in [5, 5.41) is 8.80. The smallest absolute Gasteiger partial charge is 0.123 e. The van der Waals surface area contributed by atoms with Gasteiger partial charge in [-0.2, -0.15) is 5.26 Å². The van der Waals surface area contributed by atoms with Crippen LogP contribution in [0, 0.1) is 18.3 Å². The summed E-state index contributed by atoms with van der Waals surface area (Å²) in [4.78, 5) is 8.05. The molecule has 4 nitrogen and oxygen atoms in total. The molecule has 0 saturated heterocycles. The fraction of sp³-hybridized carbons (Fsp3) is 0.0833. The van der Waals surface area contributed by atoms with E-state index in [1.807, 2.05) is 6.92 Å². The van der Waals surface area contributed by atoms with Gasteiger partial charge in [-0.15, -0.1) is 0 Å². The monoisotopic (exact) mass is 210 g/mol. The molecule has 2 N–H and O–H groups in total. The van der Waals surface area contributed by atoms with E-state index >= 15 is 0 Å². The van der Waals surface area contributed by atoms with E-state index in [9.17, 15) is 0 Å². The Bertz CT molecular complexity index is 569. The minimum absolute atomic E-state index is 0.491.